The number of hydrogen-bond donors (Lipinski definition) is 3. The molecule has 1 aromatic heterocycles. The standard InChI is InChI=1S/C16H21NO7/c18-13-11(23-15(20)9-5-1-2-6-9)12(14(19)17(13)22)24-16(21)10-7-3-4-8-10/h9-10,18-19,22H,1-8H2. The number of nitrogens with zero attached hydrogens (tertiary/aromatic N) is 1. The van der Waals surface area contributed by atoms with Gasteiger partial charge in [-0.15, -0.1) is 4.73 Å². The fourth-order valence-corrected chi connectivity index (χ4v) is 3.37. The van der Waals surface area contributed by atoms with Gasteiger partial charge in [-0.1, -0.05) is 25.7 Å². The van der Waals surface area contributed by atoms with Crippen molar-refractivity contribution >= 4 is 11.9 Å². The van der Waals surface area contributed by atoms with Crippen LogP contribution in [0.5, 0.6) is 23.3 Å². The molecule has 2 aliphatic rings. The second-order valence-electron chi connectivity index (χ2n) is 6.42. The summed E-state index contributed by atoms with van der Waals surface area (Å²) < 4.78 is 10.3. The second kappa shape index (κ2) is 6.62. The number of rotatable bonds is 4. The molecule has 132 valence electrons. The Morgan fingerprint density at radius 1 is 0.792 bits per heavy atom. The maximum Gasteiger partial charge on any atom is 0.314 e. The molecule has 3 N–H and O–H groups in total. The summed E-state index contributed by atoms with van der Waals surface area (Å²) in [4.78, 5) is 24.3. The van der Waals surface area contributed by atoms with E-state index in [1.807, 2.05) is 0 Å². The van der Waals surface area contributed by atoms with Crippen LogP contribution < -0.4 is 9.47 Å². The molecule has 1 heterocycles. The van der Waals surface area contributed by atoms with Gasteiger partial charge >= 0.3 is 11.9 Å². The predicted octanol–water partition coefficient (Wildman–Crippen LogP) is 2.33. The highest BCUT2D eigenvalue weighted by molar-refractivity contribution is 5.81. The number of hydrogen-bond acceptors (Lipinski definition) is 7. The molecular formula is C16H21NO7. The number of esters is 2. The van der Waals surface area contributed by atoms with Crippen molar-refractivity contribution in [2.75, 3.05) is 0 Å². The first-order valence-corrected chi connectivity index (χ1v) is 8.28. The fourth-order valence-electron chi connectivity index (χ4n) is 3.37. The molecule has 0 saturated heterocycles. The zero-order valence-electron chi connectivity index (χ0n) is 13.2. The molecule has 0 radical (unpaired) electrons. The first-order chi connectivity index (χ1) is 11.5. The number of aromatic nitrogens is 1. The Bertz CT molecular complexity index is 586. The van der Waals surface area contributed by atoms with Gasteiger partial charge < -0.3 is 24.9 Å². The molecule has 0 amide bonds. The summed E-state index contributed by atoms with van der Waals surface area (Å²) in [5.74, 6) is -4.57. The molecule has 0 spiro atoms. The molecule has 24 heavy (non-hydrogen) atoms. The summed E-state index contributed by atoms with van der Waals surface area (Å²) in [5.41, 5.74) is 0. The molecule has 0 bridgehead atoms. The zero-order valence-corrected chi connectivity index (χ0v) is 13.2. The van der Waals surface area contributed by atoms with E-state index in [4.69, 9.17) is 9.47 Å². The van der Waals surface area contributed by atoms with E-state index in [9.17, 15) is 25.0 Å². The van der Waals surface area contributed by atoms with Crippen molar-refractivity contribution in [3.05, 3.63) is 0 Å². The van der Waals surface area contributed by atoms with Crippen molar-refractivity contribution in [1.82, 2.24) is 4.73 Å². The lowest BCUT2D eigenvalue weighted by molar-refractivity contribution is -0.141. The summed E-state index contributed by atoms with van der Waals surface area (Å²) in [6, 6.07) is 0. The van der Waals surface area contributed by atoms with Gasteiger partial charge in [0.1, 0.15) is 0 Å². The lowest BCUT2D eigenvalue weighted by Crippen LogP contribution is -2.20. The Morgan fingerprint density at radius 3 is 1.46 bits per heavy atom. The molecule has 2 aliphatic carbocycles. The average molecular weight is 339 g/mol. The van der Waals surface area contributed by atoms with Gasteiger partial charge in [0, 0.05) is 0 Å². The van der Waals surface area contributed by atoms with Crippen LogP contribution >= 0.6 is 0 Å². The Hall–Kier alpha value is -2.38. The van der Waals surface area contributed by atoms with Crippen molar-refractivity contribution < 1.29 is 34.5 Å². The van der Waals surface area contributed by atoms with Crippen LogP contribution in [-0.4, -0.2) is 32.1 Å². The SMILES string of the molecule is O=C(Oc1c(OC(=O)C2CCCC2)c(O)n(O)c1O)C1CCCC1. The average Bonchev–Trinajstić information content (AvgIpc) is 3.30. The smallest absolute Gasteiger partial charge is 0.314 e. The topological polar surface area (TPSA) is 118 Å². The minimum absolute atomic E-state index is 0.0223. The van der Waals surface area contributed by atoms with Crippen molar-refractivity contribution in [1.29, 1.82) is 0 Å². The first kappa shape index (κ1) is 16.5. The number of aromatic hydroxyl groups is 2. The highest BCUT2D eigenvalue weighted by Crippen LogP contribution is 2.47. The van der Waals surface area contributed by atoms with E-state index in [0.29, 0.717) is 25.7 Å². The number of carbonyl (C=O) groups excluding carboxylic acids is 2. The van der Waals surface area contributed by atoms with Crippen molar-refractivity contribution in [2.24, 2.45) is 11.8 Å². The Balaban J connectivity index is 1.80. The minimum Gasteiger partial charge on any atom is -0.490 e. The van der Waals surface area contributed by atoms with Gasteiger partial charge in [0.15, 0.2) is 0 Å². The Kier molecular flexibility index (Phi) is 4.55. The first-order valence-electron chi connectivity index (χ1n) is 8.28. The molecular weight excluding hydrogens is 318 g/mol. The van der Waals surface area contributed by atoms with Gasteiger partial charge in [0.25, 0.3) is 11.8 Å². The van der Waals surface area contributed by atoms with E-state index < -0.39 is 35.2 Å². The van der Waals surface area contributed by atoms with Crippen LogP contribution in [0.15, 0.2) is 0 Å². The largest absolute Gasteiger partial charge is 0.490 e. The Labute approximate surface area is 138 Å². The van der Waals surface area contributed by atoms with E-state index in [1.165, 1.54) is 0 Å². The molecule has 8 heteroatoms. The molecule has 2 fully saturated rings. The van der Waals surface area contributed by atoms with Crippen LogP contribution in [-0.2, 0) is 9.59 Å². The third kappa shape index (κ3) is 3.00. The maximum absolute atomic E-state index is 12.1. The van der Waals surface area contributed by atoms with Gasteiger partial charge in [0.05, 0.1) is 11.8 Å². The summed E-state index contributed by atoms with van der Waals surface area (Å²) in [6.07, 6.45) is 6.41. The molecule has 1 aromatic rings. The van der Waals surface area contributed by atoms with Crippen molar-refractivity contribution in [3.8, 4) is 23.3 Å². The van der Waals surface area contributed by atoms with Gasteiger partial charge in [-0.05, 0) is 25.7 Å². The highest BCUT2D eigenvalue weighted by atomic mass is 16.6. The van der Waals surface area contributed by atoms with Gasteiger partial charge in [0.2, 0.25) is 11.5 Å². The fraction of sp³-hybridized carbons (Fsp3) is 0.625. The van der Waals surface area contributed by atoms with Crippen molar-refractivity contribution in [2.45, 2.75) is 51.4 Å². The lowest BCUT2D eigenvalue weighted by atomic mass is 10.1. The summed E-state index contributed by atoms with van der Waals surface area (Å²) in [5, 5.41) is 29.3. The van der Waals surface area contributed by atoms with Gasteiger partial charge in [-0.2, -0.15) is 0 Å². The molecule has 0 atom stereocenters. The molecule has 2 saturated carbocycles. The van der Waals surface area contributed by atoms with E-state index in [-0.39, 0.29) is 16.6 Å². The van der Waals surface area contributed by atoms with Crippen molar-refractivity contribution in [3.63, 3.8) is 0 Å². The van der Waals surface area contributed by atoms with E-state index in [2.05, 4.69) is 0 Å². The monoisotopic (exact) mass is 339 g/mol. The molecule has 0 aromatic carbocycles. The van der Waals surface area contributed by atoms with E-state index in [0.717, 1.165) is 25.7 Å². The van der Waals surface area contributed by atoms with Crippen LogP contribution in [0.3, 0.4) is 0 Å². The maximum atomic E-state index is 12.1. The molecule has 3 rings (SSSR count). The molecule has 0 aliphatic heterocycles. The second-order valence-corrected chi connectivity index (χ2v) is 6.42. The van der Waals surface area contributed by atoms with Crippen LogP contribution in [0.2, 0.25) is 0 Å². The minimum atomic E-state index is -0.881. The number of carbonyl (C=O) groups is 2. The third-order valence-electron chi connectivity index (χ3n) is 4.80. The zero-order chi connectivity index (χ0) is 17.3. The van der Waals surface area contributed by atoms with Crippen LogP contribution in [0.25, 0.3) is 0 Å². The highest BCUT2D eigenvalue weighted by Gasteiger charge is 2.34. The van der Waals surface area contributed by atoms with E-state index >= 15 is 0 Å². The van der Waals surface area contributed by atoms with Gasteiger partial charge in [-0.3, -0.25) is 9.59 Å². The molecule has 0 unspecified atom stereocenters. The van der Waals surface area contributed by atoms with Crippen LogP contribution in [0.4, 0.5) is 0 Å². The Morgan fingerprint density at radius 2 is 1.12 bits per heavy atom. The summed E-state index contributed by atoms with van der Waals surface area (Å²) >= 11 is 0. The summed E-state index contributed by atoms with van der Waals surface area (Å²) in [6.45, 7) is 0. The molecule has 8 nitrogen and oxygen atoms in total. The normalized spacial score (nSPS) is 18.8. The quantitative estimate of drug-likeness (QED) is 0.569. The number of ether oxygens (including phenoxy) is 2. The third-order valence-corrected chi connectivity index (χ3v) is 4.80. The lowest BCUT2D eigenvalue weighted by Gasteiger charge is -2.11. The predicted molar refractivity (Wildman–Crippen MR) is 80.1 cm³/mol. The van der Waals surface area contributed by atoms with Gasteiger partial charge in [-0.25, -0.2) is 0 Å². The van der Waals surface area contributed by atoms with Crippen LogP contribution in [0.1, 0.15) is 51.4 Å². The summed E-state index contributed by atoms with van der Waals surface area (Å²) in [7, 11) is 0. The van der Waals surface area contributed by atoms with Crippen LogP contribution in [0, 0.1) is 11.8 Å². The van der Waals surface area contributed by atoms with E-state index in [1.54, 1.807) is 0 Å².